The lowest BCUT2D eigenvalue weighted by Gasteiger charge is -2.33. The third kappa shape index (κ3) is 4.32. The standard InChI is InChI=1S/C24H28N4O3/c1-4-27-15-21(22(29)20-12-7-16(2)25-23(20)27)24(30)26-17-8-10-18(11-9-17)28-13-5-6-19(14-28)31-3/h7-12,15,19H,4-6,13-14H2,1-3H3,(H,26,30). The average molecular weight is 421 g/mol. The molecule has 3 heterocycles. The number of hydrogen-bond acceptors (Lipinski definition) is 5. The number of hydrogen-bond donors (Lipinski definition) is 1. The molecule has 1 amide bonds. The number of nitrogens with zero attached hydrogens (tertiary/aromatic N) is 3. The number of benzene rings is 1. The predicted molar refractivity (Wildman–Crippen MR) is 123 cm³/mol. The van der Waals surface area contributed by atoms with Crippen molar-refractivity contribution in [2.24, 2.45) is 0 Å². The summed E-state index contributed by atoms with van der Waals surface area (Å²) in [6, 6.07) is 11.3. The lowest BCUT2D eigenvalue weighted by atomic mass is 10.1. The van der Waals surface area contributed by atoms with Crippen molar-refractivity contribution >= 4 is 28.3 Å². The molecule has 1 N–H and O–H groups in total. The maximum atomic E-state index is 12.9. The Morgan fingerprint density at radius 1 is 1.23 bits per heavy atom. The number of carbonyl (C=O) groups excluding carboxylic acids is 1. The normalized spacial score (nSPS) is 16.5. The van der Waals surface area contributed by atoms with Crippen LogP contribution in [0.5, 0.6) is 0 Å². The second-order valence-electron chi connectivity index (χ2n) is 7.93. The number of pyridine rings is 2. The third-order valence-corrected chi connectivity index (χ3v) is 5.85. The summed E-state index contributed by atoms with van der Waals surface area (Å²) in [5.41, 5.74) is 2.99. The first-order chi connectivity index (χ1) is 15.0. The first-order valence-corrected chi connectivity index (χ1v) is 10.7. The average Bonchev–Trinajstić information content (AvgIpc) is 2.79. The second-order valence-corrected chi connectivity index (χ2v) is 7.93. The molecule has 3 aromatic rings. The Bertz CT molecular complexity index is 1150. The molecule has 1 aliphatic heterocycles. The maximum absolute atomic E-state index is 12.9. The molecular formula is C24H28N4O3. The first kappa shape index (κ1) is 21.1. The molecule has 0 spiro atoms. The number of anilines is 2. The molecule has 1 fully saturated rings. The van der Waals surface area contributed by atoms with Gasteiger partial charge in [0.25, 0.3) is 5.91 Å². The van der Waals surface area contributed by atoms with Crippen LogP contribution in [0, 0.1) is 6.92 Å². The largest absolute Gasteiger partial charge is 0.380 e. The lowest BCUT2D eigenvalue weighted by Crippen LogP contribution is -2.39. The van der Waals surface area contributed by atoms with Crippen molar-refractivity contribution < 1.29 is 9.53 Å². The fourth-order valence-electron chi connectivity index (χ4n) is 4.08. The van der Waals surface area contributed by atoms with Crippen LogP contribution in [0.1, 0.15) is 35.8 Å². The number of aromatic nitrogens is 2. The van der Waals surface area contributed by atoms with Gasteiger partial charge in [-0.2, -0.15) is 0 Å². The predicted octanol–water partition coefficient (Wildman–Crippen LogP) is 3.59. The Morgan fingerprint density at radius 2 is 2.00 bits per heavy atom. The molecule has 2 aromatic heterocycles. The van der Waals surface area contributed by atoms with Crippen molar-refractivity contribution in [1.82, 2.24) is 9.55 Å². The van der Waals surface area contributed by atoms with E-state index in [0.29, 0.717) is 23.3 Å². The molecule has 0 radical (unpaired) electrons. The van der Waals surface area contributed by atoms with E-state index in [-0.39, 0.29) is 17.1 Å². The zero-order valence-electron chi connectivity index (χ0n) is 18.2. The van der Waals surface area contributed by atoms with E-state index in [0.717, 1.165) is 37.3 Å². The molecule has 1 atom stereocenters. The van der Waals surface area contributed by atoms with Crippen LogP contribution < -0.4 is 15.6 Å². The van der Waals surface area contributed by atoms with Crippen molar-refractivity contribution in [1.29, 1.82) is 0 Å². The van der Waals surface area contributed by atoms with Gasteiger partial charge in [0.1, 0.15) is 11.2 Å². The SMILES string of the molecule is CCn1cc(C(=O)Nc2ccc(N3CCCC(OC)C3)cc2)c(=O)c2ccc(C)nc21. The van der Waals surface area contributed by atoms with Gasteiger partial charge >= 0.3 is 0 Å². The summed E-state index contributed by atoms with van der Waals surface area (Å²) >= 11 is 0. The molecule has 4 rings (SSSR count). The first-order valence-electron chi connectivity index (χ1n) is 10.7. The van der Waals surface area contributed by atoms with Crippen LogP contribution in [0.3, 0.4) is 0 Å². The molecule has 1 aliphatic rings. The smallest absolute Gasteiger partial charge is 0.261 e. The van der Waals surface area contributed by atoms with Crippen molar-refractivity contribution in [2.45, 2.75) is 39.3 Å². The van der Waals surface area contributed by atoms with Gasteiger partial charge in [-0.15, -0.1) is 0 Å². The van der Waals surface area contributed by atoms with Crippen molar-refractivity contribution in [3.05, 3.63) is 64.1 Å². The number of aryl methyl sites for hydroxylation is 2. The quantitative estimate of drug-likeness (QED) is 0.683. The molecule has 0 saturated carbocycles. The Morgan fingerprint density at radius 3 is 2.71 bits per heavy atom. The number of nitrogens with one attached hydrogen (secondary N) is 1. The van der Waals surface area contributed by atoms with Crippen LogP contribution in [0.2, 0.25) is 0 Å². The summed E-state index contributed by atoms with van der Waals surface area (Å²) in [7, 11) is 1.75. The fourth-order valence-corrected chi connectivity index (χ4v) is 4.08. The number of carbonyl (C=O) groups is 1. The Balaban J connectivity index is 1.56. The molecule has 7 heteroatoms. The number of rotatable bonds is 5. The number of piperidine rings is 1. The zero-order chi connectivity index (χ0) is 22.0. The van der Waals surface area contributed by atoms with Gasteiger partial charge in [-0.25, -0.2) is 4.98 Å². The lowest BCUT2D eigenvalue weighted by molar-refractivity contribution is 0.0893. The topological polar surface area (TPSA) is 76.5 Å². The summed E-state index contributed by atoms with van der Waals surface area (Å²) in [6.45, 7) is 6.31. The van der Waals surface area contributed by atoms with Gasteiger partial charge < -0.3 is 19.5 Å². The van der Waals surface area contributed by atoms with E-state index in [1.54, 1.807) is 25.4 Å². The summed E-state index contributed by atoms with van der Waals surface area (Å²) in [4.78, 5) is 32.6. The Labute approximate surface area is 181 Å². The molecule has 0 bridgehead atoms. The highest BCUT2D eigenvalue weighted by atomic mass is 16.5. The van der Waals surface area contributed by atoms with Gasteiger partial charge in [0, 0.05) is 50.0 Å². The third-order valence-electron chi connectivity index (χ3n) is 5.85. The van der Waals surface area contributed by atoms with Crippen LogP contribution in [0.4, 0.5) is 11.4 Å². The van der Waals surface area contributed by atoms with Crippen molar-refractivity contribution in [3.63, 3.8) is 0 Å². The summed E-state index contributed by atoms with van der Waals surface area (Å²) in [6.07, 6.45) is 4.02. The Hall–Kier alpha value is -3.19. The summed E-state index contributed by atoms with van der Waals surface area (Å²) < 4.78 is 7.34. The van der Waals surface area contributed by atoms with Gasteiger partial charge in [0.05, 0.1) is 11.5 Å². The van der Waals surface area contributed by atoms with E-state index in [1.807, 2.05) is 42.7 Å². The van der Waals surface area contributed by atoms with E-state index in [2.05, 4.69) is 15.2 Å². The molecular weight excluding hydrogens is 392 g/mol. The monoisotopic (exact) mass is 420 g/mol. The number of fused-ring (bicyclic) bond motifs is 1. The number of methoxy groups -OCH3 is 1. The van der Waals surface area contributed by atoms with Gasteiger partial charge in [0.2, 0.25) is 5.43 Å². The van der Waals surface area contributed by atoms with Crippen LogP contribution in [0.15, 0.2) is 47.4 Å². The number of amides is 1. The van der Waals surface area contributed by atoms with Crippen LogP contribution >= 0.6 is 0 Å². The van der Waals surface area contributed by atoms with E-state index >= 15 is 0 Å². The van der Waals surface area contributed by atoms with Gasteiger partial charge in [-0.3, -0.25) is 9.59 Å². The van der Waals surface area contributed by atoms with E-state index < -0.39 is 5.91 Å². The molecule has 0 aliphatic carbocycles. The van der Waals surface area contributed by atoms with E-state index in [4.69, 9.17) is 4.74 Å². The van der Waals surface area contributed by atoms with Gasteiger partial charge in [-0.05, 0) is 63.1 Å². The highest BCUT2D eigenvalue weighted by Gasteiger charge is 2.20. The van der Waals surface area contributed by atoms with E-state index in [1.165, 1.54) is 0 Å². The fraction of sp³-hybridized carbons (Fsp3) is 0.375. The minimum atomic E-state index is -0.417. The minimum absolute atomic E-state index is 0.114. The Kier molecular flexibility index (Phi) is 6.04. The van der Waals surface area contributed by atoms with Crippen LogP contribution in [-0.2, 0) is 11.3 Å². The minimum Gasteiger partial charge on any atom is -0.380 e. The highest BCUT2D eigenvalue weighted by Crippen LogP contribution is 2.23. The van der Waals surface area contributed by atoms with Crippen molar-refractivity contribution in [2.75, 3.05) is 30.4 Å². The molecule has 31 heavy (non-hydrogen) atoms. The summed E-state index contributed by atoms with van der Waals surface area (Å²) in [5, 5.41) is 3.31. The molecule has 7 nitrogen and oxygen atoms in total. The molecule has 1 aromatic carbocycles. The van der Waals surface area contributed by atoms with Crippen LogP contribution in [0.25, 0.3) is 11.0 Å². The molecule has 1 unspecified atom stereocenters. The van der Waals surface area contributed by atoms with Gasteiger partial charge in [-0.1, -0.05) is 0 Å². The summed E-state index contributed by atoms with van der Waals surface area (Å²) in [5.74, 6) is -0.417. The van der Waals surface area contributed by atoms with E-state index in [9.17, 15) is 9.59 Å². The van der Waals surface area contributed by atoms with Crippen LogP contribution in [-0.4, -0.2) is 41.8 Å². The van der Waals surface area contributed by atoms with Crippen molar-refractivity contribution in [3.8, 4) is 0 Å². The zero-order valence-corrected chi connectivity index (χ0v) is 18.2. The second kappa shape index (κ2) is 8.89. The highest BCUT2D eigenvalue weighted by molar-refractivity contribution is 6.05. The van der Waals surface area contributed by atoms with Gasteiger partial charge in [0.15, 0.2) is 0 Å². The molecule has 1 saturated heterocycles. The number of ether oxygens (including phenoxy) is 1. The maximum Gasteiger partial charge on any atom is 0.261 e. The molecule has 162 valence electrons.